The van der Waals surface area contributed by atoms with Crippen LogP contribution in [0.15, 0.2) is 243 Å². The number of hydrogen-bond acceptors (Lipinski definition) is 2. The smallest absolute Gasteiger partial charge is 0.0543 e. The monoisotopic (exact) mass is 834 g/mol. The molecule has 0 spiro atoms. The Kier molecular flexibility index (Phi) is 10.4. The molecule has 0 N–H and O–H groups in total. The summed E-state index contributed by atoms with van der Waals surface area (Å²) in [6.45, 7) is 4.77. The first-order valence-corrected chi connectivity index (χ1v) is 22.8. The van der Waals surface area contributed by atoms with Crippen LogP contribution in [0.1, 0.15) is 43.4 Å². The minimum atomic E-state index is -0.261. The van der Waals surface area contributed by atoms with Crippen LogP contribution in [0, 0.1) is 0 Å². The Morgan fingerprint density at radius 3 is 1.25 bits per heavy atom. The van der Waals surface area contributed by atoms with Crippen LogP contribution < -0.4 is 9.80 Å². The first kappa shape index (κ1) is 39.9. The summed E-state index contributed by atoms with van der Waals surface area (Å²) in [4.78, 5) is 4.86. The molecule has 0 atom stereocenters. The quantitative estimate of drug-likeness (QED) is 0.135. The van der Waals surface area contributed by atoms with Gasteiger partial charge >= 0.3 is 0 Å². The van der Waals surface area contributed by atoms with Crippen molar-refractivity contribution in [2.75, 3.05) is 9.80 Å². The molecule has 312 valence electrons. The molecule has 0 fully saturated rings. The van der Waals surface area contributed by atoms with Crippen LogP contribution in [0.25, 0.3) is 50.1 Å². The zero-order valence-electron chi connectivity index (χ0n) is 36.9. The van der Waals surface area contributed by atoms with E-state index in [-0.39, 0.29) is 5.41 Å². The van der Waals surface area contributed by atoms with Crippen molar-refractivity contribution in [2.45, 2.75) is 32.1 Å². The second kappa shape index (κ2) is 17.0. The third-order valence-corrected chi connectivity index (χ3v) is 13.3. The predicted octanol–water partition coefficient (Wildman–Crippen LogP) is 17.7. The van der Waals surface area contributed by atoms with E-state index in [1.54, 1.807) is 0 Å². The zero-order chi connectivity index (χ0) is 43.7. The predicted molar refractivity (Wildman–Crippen MR) is 276 cm³/mol. The zero-order valence-corrected chi connectivity index (χ0v) is 36.9. The molecule has 9 aromatic rings. The van der Waals surface area contributed by atoms with Crippen molar-refractivity contribution in [3.05, 3.63) is 259 Å². The van der Waals surface area contributed by atoms with Crippen molar-refractivity contribution < 1.29 is 0 Å². The first-order valence-electron chi connectivity index (χ1n) is 22.8. The minimum absolute atomic E-state index is 0.261. The normalized spacial score (nSPS) is 13.4. The van der Waals surface area contributed by atoms with E-state index in [0.29, 0.717) is 0 Å². The molecule has 0 aliphatic heterocycles. The molecular weight excluding hydrogens is 785 g/mol. The van der Waals surface area contributed by atoms with Gasteiger partial charge in [0.05, 0.1) is 5.69 Å². The molecule has 0 heterocycles. The largest absolute Gasteiger partial charge is 0.310 e. The molecule has 0 unspecified atom stereocenters. The summed E-state index contributed by atoms with van der Waals surface area (Å²) in [5.74, 6) is 0. The van der Waals surface area contributed by atoms with E-state index < -0.39 is 0 Å². The van der Waals surface area contributed by atoms with Crippen molar-refractivity contribution in [3.8, 4) is 44.5 Å². The Balaban J connectivity index is 1.03. The lowest BCUT2D eigenvalue weighted by Crippen LogP contribution is -2.17. The Morgan fingerprint density at radius 1 is 0.354 bits per heavy atom. The number of rotatable bonds is 10. The van der Waals surface area contributed by atoms with Gasteiger partial charge in [-0.25, -0.2) is 0 Å². The molecule has 0 amide bonds. The molecule has 2 aliphatic rings. The van der Waals surface area contributed by atoms with Gasteiger partial charge in [0.2, 0.25) is 0 Å². The fourth-order valence-electron chi connectivity index (χ4n) is 9.89. The highest BCUT2D eigenvalue weighted by Crippen LogP contribution is 2.55. The average Bonchev–Trinajstić information content (AvgIpc) is 3.61. The molecule has 2 heteroatoms. The Hall–Kier alpha value is -7.94. The summed E-state index contributed by atoms with van der Waals surface area (Å²) in [6.07, 6.45) is 9.08. The fraction of sp³-hybridized carbons (Fsp3) is 0.0794. The van der Waals surface area contributed by atoms with Crippen molar-refractivity contribution in [3.63, 3.8) is 0 Å². The molecule has 0 saturated heterocycles. The standard InChI is InChI=1S/C63H50N2/c1-63(2)59-24-15-25-61(65(55-38-30-51(31-39-55)47-20-11-5-12-21-47)56-40-32-52(33-41-56)48-22-13-6-14-23-48)62(59)58-43-42-57(44-60(58)63)64(53-34-26-49(27-35-53)45-16-7-3-8-17-45)54-36-28-50(29-37-54)46-18-9-4-10-19-46/h3,5-9,11-44H,4,10H2,1-2H3. The van der Waals surface area contributed by atoms with E-state index in [9.17, 15) is 0 Å². The average molecular weight is 835 g/mol. The summed E-state index contributed by atoms with van der Waals surface area (Å²) in [6, 6.07) is 82.1. The van der Waals surface area contributed by atoms with E-state index in [1.165, 1.54) is 66.8 Å². The number of anilines is 6. The summed E-state index contributed by atoms with van der Waals surface area (Å²) < 4.78 is 0. The molecule has 9 aromatic carbocycles. The van der Waals surface area contributed by atoms with Gasteiger partial charge in [-0.1, -0.05) is 190 Å². The van der Waals surface area contributed by atoms with Gasteiger partial charge < -0.3 is 9.80 Å². The highest BCUT2D eigenvalue weighted by Gasteiger charge is 2.38. The van der Waals surface area contributed by atoms with Gasteiger partial charge in [-0.2, -0.15) is 0 Å². The van der Waals surface area contributed by atoms with Gasteiger partial charge in [0.15, 0.2) is 0 Å². The SMILES string of the molecule is CC1(C)c2cc(N(c3ccc(C4=CCCC=C4)cc3)c3ccc(-c4ccccc4)cc3)ccc2-c2c(N(c3ccc(-c4ccccc4)cc3)c3ccc(-c4ccccc4)cc3)cccc21. The number of allylic oxidation sites excluding steroid dienone is 4. The topological polar surface area (TPSA) is 6.48 Å². The van der Waals surface area contributed by atoms with Gasteiger partial charge in [-0.3, -0.25) is 0 Å². The molecule has 65 heavy (non-hydrogen) atoms. The summed E-state index contributed by atoms with van der Waals surface area (Å²) in [7, 11) is 0. The highest BCUT2D eigenvalue weighted by molar-refractivity contribution is 5.96. The van der Waals surface area contributed by atoms with Crippen molar-refractivity contribution in [1.29, 1.82) is 0 Å². The van der Waals surface area contributed by atoms with Crippen LogP contribution in [0.4, 0.5) is 34.1 Å². The van der Waals surface area contributed by atoms with E-state index in [1.807, 2.05) is 0 Å². The Bertz CT molecular complexity index is 3080. The second-order valence-electron chi connectivity index (χ2n) is 17.7. The van der Waals surface area contributed by atoms with Crippen LogP contribution >= 0.6 is 0 Å². The number of fused-ring (bicyclic) bond motifs is 3. The Morgan fingerprint density at radius 2 is 0.785 bits per heavy atom. The summed E-state index contributed by atoms with van der Waals surface area (Å²) in [5, 5.41) is 0. The van der Waals surface area contributed by atoms with Gasteiger partial charge in [0.25, 0.3) is 0 Å². The summed E-state index contributed by atoms with van der Waals surface area (Å²) >= 11 is 0. The molecule has 2 aliphatic carbocycles. The van der Waals surface area contributed by atoms with Gasteiger partial charge in [-0.05, 0) is 141 Å². The lowest BCUT2D eigenvalue weighted by atomic mass is 9.82. The van der Waals surface area contributed by atoms with E-state index in [2.05, 4.69) is 266 Å². The van der Waals surface area contributed by atoms with Crippen LogP contribution in [-0.2, 0) is 5.41 Å². The fourth-order valence-corrected chi connectivity index (χ4v) is 9.89. The molecule has 11 rings (SSSR count). The Labute approximate surface area is 383 Å². The molecular formula is C63H50N2. The number of nitrogens with zero attached hydrogens (tertiary/aromatic N) is 2. The van der Waals surface area contributed by atoms with E-state index in [4.69, 9.17) is 0 Å². The van der Waals surface area contributed by atoms with E-state index in [0.717, 1.165) is 47.0 Å². The maximum Gasteiger partial charge on any atom is 0.0543 e. The molecule has 0 radical (unpaired) electrons. The molecule has 0 saturated carbocycles. The van der Waals surface area contributed by atoms with Gasteiger partial charge in [0.1, 0.15) is 0 Å². The van der Waals surface area contributed by atoms with Gasteiger partial charge in [0, 0.05) is 39.4 Å². The van der Waals surface area contributed by atoms with Crippen molar-refractivity contribution in [2.24, 2.45) is 0 Å². The molecule has 2 nitrogen and oxygen atoms in total. The van der Waals surface area contributed by atoms with E-state index >= 15 is 0 Å². The number of hydrogen-bond donors (Lipinski definition) is 0. The third kappa shape index (κ3) is 7.58. The van der Waals surface area contributed by atoms with Crippen molar-refractivity contribution in [1.82, 2.24) is 0 Å². The van der Waals surface area contributed by atoms with Crippen LogP contribution in [0.5, 0.6) is 0 Å². The highest BCUT2D eigenvalue weighted by atomic mass is 15.2. The lowest BCUT2D eigenvalue weighted by Gasteiger charge is -2.29. The second-order valence-corrected chi connectivity index (χ2v) is 17.7. The number of benzene rings is 9. The van der Waals surface area contributed by atoms with Crippen LogP contribution in [0.3, 0.4) is 0 Å². The summed E-state index contributed by atoms with van der Waals surface area (Å²) in [5.41, 5.74) is 21.5. The molecule has 0 bridgehead atoms. The van der Waals surface area contributed by atoms with Crippen LogP contribution in [0.2, 0.25) is 0 Å². The first-order chi connectivity index (χ1) is 32.0. The van der Waals surface area contributed by atoms with Gasteiger partial charge in [-0.15, -0.1) is 0 Å². The van der Waals surface area contributed by atoms with Crippen molar-refractivity contribution >= 4 is 39.7 Å². The third-order valence-electron chi connectivity index (χ3n) is 13.3. The minimum Gasteiger partial charge on any atom is -0.310 e. The molecule has 0 aromatic heterocycles. The maximum absolute atomic E-state index is 2.45. The van der Waals surface area contributed by atoms with Crippen LogP contribution in [-0.4, -0.2) is 0 Å². The lowest BCUT2D eigenvalue weighted by molar-refractivity contribution is 0.660. The maximum atomic E-state index is 2.45.